The third kappa shape index (κ3) is 3.68. The number of ether oxygens (including phenoxy) is 1. The molecule has 2 aromatic carbocycles. The lowest BCUT2D eigenvalue weighted by atomic mass is 9.99. The number of nitrogens with one attached hydrogen (secondary N) is 1. The van der Waals surface area contributed by atoms with Gasteiger partial charge in [0.2, 0.25) is 5.91 Å². The molecule has 8 heteroatoms. The van der Waals surface area contributed by atoms with E-state index in [1.165, 1.54) is 6.92 Å². The highest BCUT2D eigenvalue weighted by molar-refractivity contribution is 5.91. The SMILES string of the molecule is CC(=O)NC[C@H]1CN(c2ccc3c(c2)-c2onc(-c4cccc(O)c4)c2CCC3)C(=O)O1. The van der Waals surface area contributed by atoms with E-state index in [2.05, 4.69) is 10.5 Å². The summed E-state index contributed by atoms with van der Waals surface area (Å²) in [5, 5.41) is 16.9. The van der Waals surface area contributed by atoms with Gasteiger partial charge in [-0.3, -0.25) is 9.69 Å². The van der Waals surface area contributed by atoms with Crippen LogP contribution in [-0.4, -0.2) is 41.5 Å². The Kier molecular flexibility index (Phi) is 5.05. The van der Waals surface area contributed by atoms with Crippen LogP contribution < -0.4 is 10.2 Å². The molecule has 5 rings (SSSR count). The van der Waals surface area contributed by atoms with Crippen LogP contribution in [0.3, 0.4) is 0 Å². The van der Waals surface area contributed by atoms with Crippen LogP contribution in [0.15, 0.2) is 47.0 Å². The fourth-order valence-electron chi connectivity index (χ4n) is 4.35. The fraction of sp³-hybridized carbons (Fsp3) is 0.292. The number of cyclic esters (lactones) is 1. The molecule has 2 aliphatic rings. The number of benzene rings is 2. The van der Waals surface area contributed by atoms with Crippen LogP contribution in [0.1, 0.15) is 24.5 Å². The van der Waals surface area contributed by atoms with Crippen molar-refractivity contribution >= 4 is 17.7 Å². The fourth-order valence-corrected chi connectivity index (χ4v) is 4.35. The van der Waals surface area contributed by atoms with Gasteiger partial charge in [0.1, 0.15) is 17.5 Å². The maximum atomic E-state index is 12.5. The van der Waals surface area contributed by atoms with Gasteiger partial charge in [0, 0.05) is 29.3 Å². The predicted molar refractivity (Wildman–Crippen MR) is 117 cm³/mol. The molecule has 164 valence electrons. The molecule has 0 unspecified atom stereocenters. The van der Waals surface area contributed by atoms with Crippen LogP contribution in [0.25, 0.3) is 22.6 Å². The zero-order valence-corrected chi connectivity index (χ0v) is 17.6. The predicted octanol–water partition coefficient (Wildman–Crippen LogP) is 3.66. The minimum atomic E-state index is -0.438. The zero-order chi connectivity index (χ0) is 22.2. The minimum absolute atomic E-state index is 0.162. The van der Waals surface area contributed by atoms with Crippen molar-refractivity contribution in [1.29, 1.82) is 0 Å². The van der Waals surface area contributed by atoms with Crippen LogP contribution in [-0.2, 0) is 22.4 Å². The Morgan fingerprint density at radius 3 is 2.94 bits per heavy atom. The highest BCUT2D eigenvalue weighted by atomic mass is 16.6. The summed E-state index contributed by atoms with van der Waals surface area (Å²) in [4.78, 5) is 25.2. The summed E-state index contributed by atoms with van der Waals surface area (Å²) in [6.45, 7) is 2.07. The number of carbonyl (C=O) groups excluding carboxylic acids is 2. The molecule has 8 nitrogen and oxygen atoms in total. The van der Waals surface area contributed by atoms with Crippen molar-refractivity contribution in [3.05, 3.63) is 53.6 Å². The summed E-state index contributed by atoms with van der Waals surface area (Å²) < 4.78 is 11.2. The summed E-state index contributed by atoms with van der Waals surface area (Å²) in [5.74, 6) is 0.710. The second-order valence-corrected chi connectivity index (χ2v) is 8.14. The molecule has 1 aliphatic carbocycles. The van der Waals surface area contributed by atoms with E-state index in [1.807, 2.05) is 24.3 Å². The molecule has 0 saturated carbocycles. The molecule has 1 fully saturated rings. The largest absolute Gasteiger partial charge is 0.508 e. The van der Waals surface area contributed by atoms with E-state index < -0.39 is 12.2 Å². The number of hydrogen-bond donors (Lipinski definition) is 2. The number of aromatic hydroxyl groups is 1. The quantitative estimate of drug-likeness (QED) is 0.651. The molecule has 1 aromatic heterocycles. The number of phenolic OH excluding ortho intramolecular Hbond substituents is 1. The number of anilines is 1. The van der Waals surface area contributed by atoms with Gasteiger partial charge in [-0.05, 0) is 49.1 Å². The first-order valence-electron chi connectivity index (χ1n) is 10.6. The van der Waals surface area contributed by atoms with Crippen molar-refractivity contribution in [2.75, 3.05) is 18.0 Å². The van der Waals surface area contributed by atoms with Gasteiger partial charge in [0.15, 0.2) is 5.76 Å². The van der Waals surface area contributed by atoms with Crippen LogP contribution in [0.2, 0.25) is 0 Å². The summed E-state index contributed by atoms with van der Waals surface area (Å²) in [7, 11) is 0. The van der Waals surface area contributed by atoms with E-state index in [1.54, 1.807) is 23.1 Å². The molecule has 0 bridgehead atoms. The molecule has 32 heavy (non-hydrogen) atoms. The van der Waals surface area contributed by atoms with Gasteiger partial charge in [-0.15, -0.1) is 0 Å². The molecule has 0 spiro atoms. The van der Waals surface area contributed by atoms with Crippen molar-refractivity contribution in [2.45, 2.75) is 32.3 Å². The number of amides is 2. The van der Waals surface area contributed by atoms with Crippen molar-refractivity contribution < 1.29 is 24.0 Å². The number of aryl methyl sites for hydroxylation is 1. The number of aromatic nitrogens is 1. The number of hydrogen-bond acceptors (Lipinski definition) is 6. The van der Waals surface area contributed by atoms with Crippen LogP contribution in [0.5, 0.6) is 5.75 Å². The first kappa shape index (κ1) is 20.1. The Hall–Kier alpha value is -3.81. The second-order valence-electron chi connectivity index (χ2n) is 8.14. The topological polar surface area (TPSA) is 105 Å². The van der Waals surface area contributed by atoms with Crippen molar-refractivity contribution in [1.82, 2.24) is 10.5 Å². The molecule has 3 aromatic rings. The Bertz CT molecular complexity index is 1200. The Balaban J connectivity index is 1.48. The average molecular weight is 433 g/mol. The third-order valence-electron chi connectivity index (χ3n) is 5.88. The number of fused-ring (bicyclic) bond motifs is 3. The average Bonchev–Trinajstić information content (AvgIpc) is 3.31. The van der Waals surface area contributed by atoms with Gasteiger partial charge in [-0.25, -0.2) is 4.79 Å². The van der Waals surface area contributed by atoms with Gasteiger partial charge in [0.25, 0.3) is 0 Å². The van der Waals surface area contributed by atoms with Gasteiger partial charge in [0.05, 0.1) is 13.1 Å². The molecule has 0 radical (unpaired) electrons. The van der Waals surface area contributed by atoms with E-state index in [4.69, 9.17) is 9.26 Å². The molecule has 2 heterocycles. The van der Waals surface area contributed by atoms with Gasteiger partial charge < -0.3 is 19.7 Å². The lowest BCUT2D eigenvalue weighted by Gasteiger charge is -2.15. The lowest BCUT2D eigenvalue weighted by Crippen LogP contribution is -2.33. The van der Waals surface area contributed by atoms with E-state index >= 15 is 0 Å². The normalized spacial score (nSPS) is 17.3. The second kappa shape index (κ2) is 8.03. The van der Waals surface area contributed by atoms with E-state index in [0.29, 0.717) is 18.0 Å². The summed E-state index contributed by atoms with van der Waals surface area (Å²) in [6.07, 6.45) is 1.79. The van der Waals surface area contributed by atoms with E-state index in [9.17, 15) is 14.7 Å². The maximum absolute atomic E-state index is 12.5. The van der Waals surface area contributed by atoms with E-state index in [-0.39, 0.29) is 18.2 Å². The first-order valence-corrected chi connectivity index (χ1v) is 10.6. The zero-order valence-electron chi connectivity index (χ0n) is 17.6. The lowest BCUT2D eigenvalue weighted by molar-refractivity contribution is -0.119. The third-order valence-corrected chi connectivity index (χ3v) is 5.88. The first-order chi connectivity index (χ1) is 15.5. The highest BCUT2D eigenvalue weighted by Gasteiger charge is 2.33. The molecular weight excluding hydrogens is 410 g/mol. The summed E-state index contributed by atoms with van der Waals surface area (Å²) >= 11 is 0. The molecule has 1 saturated heterocycles. The standard InChI is InChI=1S/C24H23N3O5/c1-14(28)25-12-19-13-27(24(30)31-19)17-9-8-15-4-3-7-20-22(16-5-2-6-18(29)10-16)26-32-23(20)21(15)11-17/h2,5-6,8-11,19,29H,3-4,7,12-13H2,1H3,(H,25,28)/t19-/m0/s1. The van der Waals surface area contributed by atoms with Crippen LogP contribution in [0, 0.1) is 0 Å². The number of rotatable bonds is 4. The van der Waals surface area contributed by atoms with Crippen LogP contribution in [0.4, 0.5) is 10.5 Å². The maximum Gasteiger partial charge on any atom is 0.414 e. The summed E-state index contributed by atoms with van der Waals surface area (Å²) in [6, 6.07) is 12.9. The minimum Gasteiger partial charge on any atom is -0.508 e. The van der Waals surface area contributed by atoms with Crippen LogP contribution >= 0.6 is 0 Å². The van der Waals surface area contributed by atoms with E-state index in [0.717, 1.165) is 47.2 Å². The van der Waals surface area contributed by atoms with Gasteiger partial charge >= 0.3 is 6.09 Å². The van der Waals surface area contributed by atoms with Crippen molar-refractivity contribution in [3.8, 4) is 28.3 Å². The number of phenols is 1. The monoisotopic (exact) mass is 433 g/mol. The highest BCUT2D eigenvalue weighted by Crippen LogP contribution is 2.40. The smallest absolute Gasteiger partial charge is 0.414 e. The Morgan fingerprint density at radius 1 is 1.25 bits per heavy atom. The molecule has 2 amide bonds. The Labute approximate surface area is 184 Å². The number of nitrogens with zero attached hydrogens (tertiary/aromatic N) is 2. The molecular formula is C24H23N3O5. The Morgan fingerprint density at radius 2 is 2.12 bits per heavy atom. The summed E-state index contributed by atoms with van der Waals surface area (Å²) in [5.41, 5.74) is 5.28. The van der Waals surface area contributed by atoms with Gasteiger partial charge in [-0.2, -0.15) is 0 Å². The van der Waals surface area contributed by atoms with Crippen molar-refractivity contribution in [3.63, 3.8) is 0 Å². The van der Waals surface area contributed by atoms with Gasteiger partial charge in [-0.1, -0.05) is 23.4 Å². The molecule has 1 atom stereocenters. The molecule has 1 aliphatic heterocycles. The van der Waals surface area contributed by atoms with Crippen molar-refractivity contribution in [2.24, 2.45) is 0 Å². The molecule has 2 N–H and O–H groups in total. The number of carbonyl (C=O) groups is 2.